The summed E-state index contributed by atoms with van der Waals surface area (Å²) in [7, 11) is 2.74. The van der Waals surface area contributed by atoms with Crippen LogP contribution in [0, 0.1) is 6.92 Å². The number of ketones is 1. The van der Waals surface area contributed by atoms with Crippen LogP contribution in [0.15, 0.2) is 52.5 Å². The van der Waals surface area contributed by atoms with E-state index in [0.717, 1.165) is 12.0 Å². The van der Waals surface area contributed by atoms with Crippen LogP contribution in [0.3, 0.4) is 0 Å². The van der Waals surface area contributed by atoms with Crippen LogP contribution >= 0.6 is 23.2 Å². The number of ether oxygens (including phenoxy) is 2. The Morgan fingerprint density at radius 3 is 2.26 bits per heavy atom. The van der Waals surface area contributed by atoms with Crippen LogP contribution in [0.1, 0.15) is 35.6 Å². The maximum Gasteiger partial charge on any atom is 0.300 e. The van der Waals surface area contributed by atoms with E-state index < -0.39 is 23.5 Å². The molecule has 7 nitrogen and oxygen atoms in total. The average molecular weight is 516 g/mol. The first-order valence-electron chi connectivity index (χ1n) is 10.8. The third-order valence-electron chi connectivity index (χ3n) is 5.89. The zero-order valence-corrected chi connectivity index (χ0v) is 21.0. The van der Waals surface area contributed by atoms with Crippen LogP contribution in [0.5, 0.6) is 11.5 Å². The number of aryl methyl sites for hydroxylation is 2. The molecule has 1 aromatic heterocycles. The van der Waals surface area contributed by atoms with E-state index in [-0.39, 0.29) is 32.7 Å². The van der Waals surface area contributed by atoms with Gasteiger partial charge in [-0.3, -0.25) is 14.5 Å². The number of methoxy groups -OCH3 is 2. The third-order valence-corrected chi connectivity index (χ3v) is 6.52. The molecule has 3 aromatic rings. The summed E-state index contributed by atoms with van der Waals surface area (Å²) in [6.07, 6.45) is 0.818. The normalized spacial score (nSPS) is 17.2. The third kappa shape index (κ3) is 4.15. The molecule has 1 aliphatic rings. The molecule has 1 atom stereocenters. The molecule has 2 aromatic carbocycles. The zero-order valence-electron chi connectivity index (χ0n) is 19.5. The Balaban J connectivity index is 1.98. The first-order valence-corrected chi connectivity index (χ1v) is 11.6. The molecule has 0 radical (unpaired) electrons. The van der Waals surface area contributed by atoms with Crippen molar-refractivity contribution in [3.8, 4) is 11.5 Å². The summed E-state index contributed by atoms with van der Waals surface area (Å²) in [5.74, 6) is -1.11. The Morgan fingerprint density at radius 1 is 1.06 bits per heavy atom. The number of carbonyl (C=O) groups is 2. The number of benzene rings is 2. The zero-order chi connectivity index (χ0) is 25.4. The molecule has 9 heteroatoms. The van der Waals surface area contributed by atoms with E-state index in [4.69, 9.17) is 37.1 Å². The molecule has 1 amide bonds. The highest BCUT2D eigenvalue weighted by atomic mass is 35.5. The Labute approximate surface area is 212 Å². The van der Waals surface area contributed by atoms with E-state index >= 15 is 0 Å². The van der Waals surface area contributed by atoms with Gasteiger partial charge in [0.1, 0.15) is 28.3 Å². The number of hydrogen-bond donors (Lipinski definition) is 1. The summed E-state index contributed by atoms with van der Waals surface area (Å²) in [5, 5.41) is 11.5. The van der Waals surface area contributed by atoms with Crippen molar-refractivity contribution in [2.45, 2.75) is 26.3 Å². The first-order chi connectivity index (χ1) is 16.7. The van der Waals surface area contributed by atoms with Gasteiger partial charge in [-0.05, 0) is 49.2 Å². The molecule has 4 rings (SSSR count). The summed E-state index contributed by atoms with van der Waals surface area (Å²) >= 11 is 12.7. The highest BCUT2D eigenvalue weighted by molar-refractivity contribution is 6.51. The predicted molar refractivity (Wildman–Crippen MR) is 134 cm³/mol. The van der Waals surface area contributed by atoms with Crippen molar-refractivity contribution in [1.29, 1.82) is 0 Å². The van der Waals surface area contributed by atoms with Crippen molar-refractivity contribution in [3.05, 3.63) is 80.7 Å². The number of aliphatic hydroxyl groups is 1. The number of carbonyl (C=O) groups excluding carboxylic acids is 2. The summed E-state index contributed by atoms with van der Waals surface area (Å²) < 4.78 is 16.4. The highest BCUT2D eigenvalue weighted by Crippen LogP contribution is 2.48. The molecule has 1 saturated heterocycles. The lowest BCUT2D eigenvalue weighted by Gasteiger charge is -2.24. The number of furan rings is 1. The van der Waals surface area contributed by atoms with Gasteiger partial charge >= 0.3 is 0 Å². The maximum atomic E-state index is 13.3. The van der Waals surface area contributed by atoms with E-state index in [1.807, 2.05) is 19.1 Å². The monoisotopic (exact) mass is 515 g/mol. The van der Waals surface area contributed by atoms with Gasteiger partial charge in [0.2, 0.25) is 0 Å². The van der Waals surface area contributed by atoms with Crippen LogP contribution in [-0.4, -0.2) is 31.0 Å². The summed E-state index contributed by atoms with van der Waals surface area (Å²) in [6, 6.07) is 11.0. The fraction of sp³-hybridized carbons (Fsp3) is 0.231. The van der Waals surface area contributed by atoms with Crippen molar-refractivity contribution in [2.75, 3.05) is 19.1 Å². The Morgan fingerprint density at radius 2 is 1.71 bits per heavy atom. The van der Waals surface area contributed by atoms with Crippen molar-refractivity contribution in [2.24, 2.45) is 0 Å². The minimum Gasteiger partial charge on any atom is -0.507 e. The number of nitrogens with zero attached hydrogens (tertiary/aromatic N) is 1. The minimum atomic E-state index is -1.03. The quantitative estimate of drug-likeness (QED) is 0.242. The second kappa shape index (κ2) is 9.68. The molecular weight excluding hydrogens is 493 g/mol. The maximum absolute atomic E-state index is 13.3. The lowest BCUT2D eigenvalue weighted by molar-refractivity contribution is -0.132. The van der Waals surface area contributed by atoms with Crippen LogP contribution < -0.4 is 14.4 Å². The standard InChI is InChI=1S/C26H23Cl2NO6/c1-5-14-7-9-15(10-8-14)29-21(18-11-6-13(2)35-18)19(23(31)26(29)32)22(30)16-12-17(27)25(34-4)20(28)24(16)33-3/h6-12,21,30H,5H2,1-4H3/b22-19+. The summed E-state index contributed by atoms with van der Waals surface area (Å²) in [5.41, 5.74) is 1.42. The second-order valence-corrected chi connectivity index (χ2v) is 8.71. The number of anilines is 1. The molecule has 2 heterocycles. The second-order valence-electron chi connectivity index (χ2n) is 7.92. The summed E-state index contributed by atoms with van der Waals surface area (Å²) in [4.78, 5) is 27.9. The van der Waals surface area contributed by atoms with Gasteiger partial charge in [-0.15, -0.1) is 0 Å². The van der Waals surface area contributed by atoms with Gasteiger partial charge in [-0.2, -0.15) is 0 Å². The molecule has 1 fully saturated rings. The molecule has 0 aliphatic carbocycles. The van der Waals surface area contributed by atoms with Gasteiger partial charge in [0.15, 0.2) is 11.5 Å². The van der Waals surface area contributed by atoms with Gasteiger partial charge in [-0.25, -0.2) is 0 Å². The van der Waals surface area contributed by atoms with Gasteiger partial charge < -0.3 is 19.0 Å². The van der Waals surface area contributed by atoms with Crippen molar-refractivity contribution >= 4 is 46.3 Å². The first kappa shape index (κ1) is 24.7. The number of amides is 1. The molecule has 1 unspecified atom stereocenters. The number of rotatable bonds is 6. The van der Waals surface area contributed by atoms with E-state index in [1.54, 1.807) is 31.2 Å². The molecular formula is C26H23Cl2NO6. The smallest absolute Gasteiger partial charge is 0.300 e. The molecule has 1 N–H and O–H groups in total. The SMILES string of the molecule is CCc1ccc(N2C(=O)C(=O)/C(=C(/O)c3cc(Cl)c(OC)c(Cl)c3OC)C2c2ccc(C)o2)cc1. The van der Waals surface area contributed by atoms with Gasteiger partial charge in [0, 0.05) is 5.69 Å². The molecule has 35 heavy (non-hydrogen) atoms. The van der Waals surface area contributed by atoms with E-state index in [2.05, 4.69) is 0 Å². The van der Waals surface area contributed by atoms with Crippen LogP contribution in [0.25, 0.3) is 5.76 Å². The molecule has 0 saturated carbocycles. The molecule has 0 bridgehead atoms. The van der Waals surface area contributed by atoms with Crippen molar-refractivity contribution < 1.29 is 28.6 Å². The number of Topliss-reactive ketones (excluding diaryl/α,β-unsaturated/α-hetero) is 1. The molecule has 182 valence electrons. The average Bonchev–Trinajstić information content (AvgIpc) is 3.39. The van der Waals surface area contributed by atoms with Gasteiger partial charge in [-0.1, -0.05) is 42.3 Å². The fourth-order valence-corrected chi connectivity index (χ4v) is 4.84. The largest absolute Gasteiger partial charge is 0.507 e. The topological polar surface area (TPSA) is 89.2 Å². The van der Waals surface area contributed by atoms with E-state index in [9.17, 15) is 14.7 Å². The minimum absolute atomic E-state index is 0.0128. The Bertz CT molecular complexity index is 1340. The Kier molecular flexibility index (Phi) is 6.83. The molecule has 1 aliphatic heterocycles. The fourth-order valence-electron chi connectivity index (χ4n) is 4.15. The van der Waals surface area contributed by atoms with Gasteiger partial charge in [0.05, 0.1) is 30.4 Å². The van der Waals surface area contributed by atoms with Gasteiger partial charge in [0.25, 0.3) is 11.7 Å². The highest BCUT2D eigenvalue weighted by Gasteiger charge is 2.48. The number of halogens is 2. The van der Waals surface area contributed by atoms with Crippen LogP contribution in [0.4, 0.5) is 5.69 Å². The number of hydrogen-bond acceptors (Lipinski definition) is 6. The predicted octanol–water partition coefficient (Wildman–Crippen LogP) is 6.10. The lowest BCUT2D eigenvalue weighted by atomic mass is 9.98. The number of aliphatic hydroxyl groups excluding tert-OH is 1. The van der Waals surface area contributed by atoms with E-state index in [0.29, 0.717) is 17.2 Å². The summed E-state index contributed by atoms with van der Waals surface area (Å²) in [6.45, 7) is 3.77. The lowest BCUT2D eigenvalue weighted by Crippen LogP contribution is -2.29. The van der Waals surface area contributed by atoms with Crippen LogP contribution in [0.2, 0.25) is 10.0 Å². The van der Waals surface area contributed by atoms with E-state index in [1.165, 1.54) is 25.2 Å². The molecule has 0 spiro atoms. The van der Waals surface area contributed by atoms with Crippen LogP contribution in [-0.2, 0) is 16.0 Å². The Hall–Kier alpha value is -3.42. The van der Waals surface area contributed by atoms with Crippen molar-refractivity contribution in [1.82, 2.24) is 0 Å². The van der Waals surface area contributed by atoms with Crippen molar-refractivity contribution in [3.63, 3.8) is 0 Å².